The molecule has 112 valence electrons. The Hall–Kier alpha value is -1.09. The van der Waals surface area contributed by atoms with E-state index in [0.717, 1.165) is 37.3 Å². The van der Waals surface area contributed by atoms with Crippen LogP contribution in [0.1, 0.15) is 45.7 Å². The second-order valence-corrected chi connectivity index (χ2v) is 6.21. The van der Waals surface area contributed by atoms with Gasteiger partial charge in [0.05, 0.1) is 5.69 Å². The summed E-state index contributed by atoms with van der Waals surface area (Å²) in [7, 11) is 0. The average Bonchev–Trinajstić information content (AvgIpc) is 2.75. The van der Waals surface area contributed by atoms with Crippen LogP contribution < -0.4 is 10.2 Å². The largest absolute Gasteiger partial charge is 0.368 e. The molecule has 2 nitrogen and oxygen atoms in total. The van der Waals surface area contributed by atoms with E-state index in [1.165, 1.54) is 0 Å². The summed E-state index contributed by atoms with van der Waals surface area (Å²) >= 11 is 0. The molecule has 1 aromatic rings. The third-order valence-electron chi connectivity index (χ3n) is 4.49. The maximum atomic E-state index is 14.4. The van der Waals surface area contributed by atoms with Gasteiger partial charge in [0, 0.05) is 19.1 Å². The highest BCUT2D eigenvalue weighted by atomic mass is 19.1. The Morgan fingerprint density at radius 3 is 2.55 bits per heavy atom. The van der Waals surface area contributed by atoms with Crippen molar-refractivity contribution in [3.05, 3.63) is 29.6 Å². The molecule has 1 aromatic carbocycles. The van der Waals surface area contributed by atoms with Gasteiger partial charge in [0.15, 0.2) is 0 Å². The number of hydrogen-bond acceptors (Lipinski definition) is 2. The van der Waals surface area contributed by atoms with Gasteiger partial charge in [0.25, 0.3) is 0 Å². The van der Waals surface area contributed by atoms with Crippen molar-refractivity contribution in [1.29, 1.82) is 0 Å². The van der Waals surface area contributed by atoms with Crippen molar-refractivity contribution in [1.82, 2.24) is 5.32 Å². The quantitative estimate of drug-likeness (QED) is 0.876. The third kappa shape index (κ3) is 3.14. The highest BCUT2D eigenvalue weighted by molar-refractivity contribution is 5.57. The Labute approximate surface area is 122 Å². The second kappa shape index (κ2) is 6.57. The van der Waals surface area contributed by atoms with Gasteiger partial charge in [-0.25, -0.2) is 4.39 Å². The first-order valence-corrected chi connectivity index (χ1v) is 7.81. The number of rotatable bonds is 5. The van der Waals surface area contributed by atoms with Gasteiger partial charge in [-0.1, -0.05) is 32.9 Å². The number of nitrogens with zero attached hydrogens (tertiary/aromatic N) is 1. The molecule has 1 N–H and O–H groups in total. The fourth-order valence-corrected chi connectivity index (χ4v) is 3.00. The van der Waals surface area contributed by atoms with Crippen LogP contribution in [-0.4, -0.2) is 19.6 Å². The predicted molar refractivity (Wildman–Crippen MR) is 83.6 cm³/mol. The van der Waals surface area contributed by atoms with Gasteiger partial charge in [-0.15, -0.1) is 0 Å². The van der Waals surface area contributed by atoms with E-state index >= 15 is 0 Å². The molecule has 0 radical (unpaired) electrons. The smallest absolute Gasteiger partial charge is 0.146 e. The van der Waals surface area contributed by atoms with Crippen molar-refractivity contribution >= 4 is 5.69 Å². The van der Waals surface area contributed by atoms with Crippen LogP contribution in [0.3, 0.4) is 0 Å². The Morgan fingerprint density at radius 2 is 1.95 bits per heavy atom. The van der Waals surface area contributed by atoms with E-state index < -0.39 is 0 Å². The summed E-state index contributed by atoms with van der Waals surface area (Å²) in [6.45, 7) is 11.6. The molecular weight excluding hydrogens is 251 g/mol. The Morgan fingerprint density at radius 1 is 1.30 bits per heavy atom. The molecule has 0 bridgehead atoms. The summed E-state index contributed by atoms with van der Waals surface area (Å²) in [5, 5.41) is 3.47. The zero-order valence-electron chi connectivity index (χ0n) is 13.1. The minimum Gasteiger partial charge on any atom is -0.368 e. The lowest BCUT2D eigenvalue weighted by Crippen LogP contribution is -2.26. The van der Waals surface area contributed by atoms with Crippen molar-refractivity contribution in [3.8, 4) is 0 Å². The van der Waals surface area contributed by atoms with Crippen molar-refractivity contribution in [3.63, 3.8) is 0 Å². The molecule has 0 amide bonds. The zero-order chi connectivity index (χ0) is 14.7. The van der Waals surface area contributed by atoms with Crippen molar-refractivity contribution in [2.75, 3.05) is 24.5 Å². The first-order valence-electron chi connectivity index (χ1n) is 7.81. The molecular formula is C17H27FN2. The standard InChI is InChI=1S/C17H27FN2/c1-5-9-19-14(4)15-7-6-8-16(18)17(15)20-10-12(2)13(3)11-20/h6-8,12-14,19H,5,9-11H2,1-4H3. The maximum absolute atomic E-state index is 14.4. The summed E-state index contributed by atoms with van der Waals surface area (Å²) in [6.07, 6.45) is 1.09. The molecule has 3 unspecified atom stereocenters. The summed E-state index contributed by atoms with van der Waals surface area (Å²) in [6, 6.07) is 5.64. The minimum absolute atomic E-state index is 0.0889. The van der Waals surface area contributed by atoms with Gasteiger partial charge in [-0.2, -0.15) is 0 Å². The third-order valence-corrected chi connectivity index (χ3v) is 4.49. The van der Waals surface area contributed by atoms with Crippen molar-refractivity contribution < 1.29 is 4.39 Å². The van der Waals surface area contributed by atoms with E-state index in [-0.39, 0.29) is 11.9 Å². The van der Waals surface area contributed by atoms with Gasteiger partial charge in [-0.05, 0) is 43.4 Å². The van der Waals surface area contributed by atoms with E-state index in [2.05, 4.69) is 44.0 Å². The van der Waals surface area contributed by atoms with Gasteiger partial charge in [-0.3, -0.25) is 0 Å². The number of benzene rings is 1. The maximum Gasteiger partial charge on any atom is 0.146 e. The van der Waals surface area contributed by atoms with Crippen LogP contribution in [0, 0.1) is 17.7 Å². The van der Waals surface area contributed by atoms with Gasteiger partial charge >= 0.3 is 0 Å². The molecule has 0 aromatic heterocycles. The molecule has 1 heterocycles. The van der Waals surface area contributed by atoms with E-state index in [0.29, 0.717) is 11.8 Å². The van der Waals surface area contributed by atoms with Crippen LogP contribution in [0.15, 0.2) is 18.2 Å². The molecule has 1 aliphatic heterocycles. The summed E-state index contributed by atoms with van der Waals surface area (Å²) in [4.78, 5) is 2.23. The molecule has 3 atom stereocenters. The molecule has 1 saturated heterocycles. The number of nitrogens with one attached hydrogen (secondary N) is 1. The van der Waals surface area contributed by atoms with E-state index in [1.54, 1.807) is 6.07 Å². The molecule has 0 spiro atoms. The number of para-hydroxylation sites is 1. The Balaban J connectivity index is 2.27. The van der Waals surface area contributed by atoms with Gasteiger partial charge < -0.3 is 10.2 Å². The lowest BCUT2D eigenvalue weighted by Gasteiger charge is -2.26. The van der Waals surface area contributed by atoms with E-state index in [1.807, 2.05) is 6.07 Å². The highest BCUT2D eigenvalue weighted by Gasteiger charge is 2.29. The SMILES string of the molecule is CCCNC(C)c1cccc(F)c1N1CC(C)C(C)C1. The molecule has 3 heteroatoms. The predicted octanol–water partition coefficient (Wildman–Crippen LogP) is 3.98. The average molecular weight is 278 g/mol. The van der Waals surface area contributed by atoms with Crippen LogP contribution in [-0.2, 0) is 0 Å². The first-order chi connectivity index (χ1) is 9.54. The molecule has 20 heavy (non-hydrogen) atoms. The summed E-state index contributed by atoms with van der Waals surface area (Å²) < 4.78 is 14.4. The zero-order valence-corrected chi connectivity index (χ0v) is 13.1. The van der Waals surface area contributed by atoms with Gasteiger partial charge in [0.1, 0.15) is 5.82 Å². The fourth-order valence-electron chi connectivity index (χ4n) is 3.00. The molecule has 1 fully saturated rings. The molecule has 0 saturated carbocycles. The molecule has 2 rings (SSSR count). The lowest BCUT2D eigenvalue weighted by atomic mass is 10.0. The molecule has 0 aliphatic carbocycles. The summed E-state index contributed by atoms with van der Waals surface area (Å²) in [5.41, 5.74) is 1.89. The van der Waals surface area contributed by atoms with E-state index in [4.69, 9.17) is 0 Å². The van der Waals surface area contributed by atoms with E-state index in [9.17, 15) is 4.39 Å². The van der Waals surface area contributed by atoms with Crippen LogP contribution in [0.5, 0.6) is 0 Å². The topological polar surface area (TPSA) is 15.3 Å². The van der Waals surface area contributed by atoms with Crippen LogP contribution >= 0.6 is 0 Å². The number of anilines is 1. The Bertz CT molecular complexity index is 437. The normalized spacial score (nSPS) is 24.1. The summed E-state index contributed by atoms with van der Waals surface area (Å²) in [5.74, 6) is 1.16. The van der Waals surface area contributed by atoms with Crippen LogP contribution in [0.25, 0.3) is 0 Å². The van der Waals surface area contributed by atoms with Crippen LogP contribution in [0.4, 0.5) is 10.1 Å². The lowest BCUT2D eigenvalue weighted by molar-refractivity contribution is 0.494. The highest BCUT2D eigenvalue weighted by Crippen LogP contribution is 2.34. The first kappa shape index (κ1) is 15.3. The van der Waals surface area contributed by atoms with Gasteiger partial charge in [0.2, 0.25) is 0 Å². The van der Waals surface area contributed by atoms with Crippen LogP contribution in [0.2, 0.25) is 0 Å². The minimum atomic E-state index is -0.0889. The van der Waals surface area contributed by atoms with Crippen molar-refractivity contribution in [2.45, 2.75) is 40.2 Å². The second-order valence-electron chi connectivity index (χ2n) is 6.21. The Kier molecular flexibility index (Phi) is 5.03. The number of halogens is 1. The molecule has 1 aliphatic rings. The fraction of sp³-hybridized carbons (Fsp3) is 0.647. The monoisotopic (exact) mass is 278 g/mol. The number of hydrogen-bond donors (Lipinski definition) is 1. The van der Waals surface area contributed by atoms with Crippen molar-refractivity contribution in [2.24, 2.45) is 11.8 Å².